The molecule has 1 spiro atoms. The fourth-order valence-corrected chi connectivity index (χ4v) is 3.78. The summed E-state index contributed by atoms with van der Waals surface area (Å²) < 4.78 is 5.00. The molecule has 0 unspecified atom stereocenters. The first-order chi connectivity index (χ1) is 9.18. The Bertz CT molecular complexity index is 369. The third-order valence-corrected chi connectivity index (χ3v) is 4.83. The Kier molecular flexibility index (Phi) is 4.84. The van der Waals surface area contributed by atoms with E-state index in [1.165, 1.54) is 38.5 Å². The maximum atomic E-state index is 11.6. The van der Waals surface area contributed by atoms with Crippen LogP contribution in [0.4, 0.5) is 0 Å². The zero-order valence-corrected chi connectivity index (χ0v) is 12.1. The Morgan fingerprint density at radius 1 is 1.42 bits per heavy atom. The molecular formula is C17H26O2. The molecule has 1 saturated carbocycles. The minimum absolute atomic E-state index is 0.214. The van der Waals surface area contributed by atoms with Crippen molar-refractivity contribution in [1.82, 2.24) is 0 Å². The predicted octanol–water partition coefficient (Wildman–Crippen LogP) is 4.41. The summed E-state index contributed by atoms with van der Waals surface area (Å²) in [5.74, 6) is 0.518. The van der Waals surface area contributed by atoms with Crippen LogP contribution in [0, 0.1) is 11.3 Å². The second-order valence-electron chi connectivity index (χ2n) is 5.98. The molecule has 0 aromatic heterocycles. The molecule has 0 amide bonds. The van der Waals surface area contributed by atoms with Crippen molar-refractivity contribution in [1.29, 1.82) is 0 Å². The molecule has 2 atom stereocenters. The normalized spacial score (nSPS) is 29.6. The zero-order chi connectivity index (χ0) is 13.7. The first-order valence-corrected chi connectivity index (χ1v) is 7.70. The molecular weight excluding hydrogens is 236 g/mol. The van der Waals surface area contributed by atoms with Gasteiger partial charge in [-0.1, -0.05) is 25.2 Å². The molecule has 2 rings (SSSR count). The molecule has 0 aromatic carbocycles. The highest BCUT2D eigenvalue weighted by Gasteiger charge is 2.40. The first kappa shape index (κ1) is 14.4. The number of esters is 1. The predicted molar refractivity (Wildman–Crippen MR) is 77.8 cm³/mol. The number of allylic oxidation sites excluding steroid dienone is 2. The van der Waals surface area contributed by atoms with Crippen LogP contribution in [0.25, 0.3) is 0 Å². The molecule has 0 N–H and O–H groups in total. The molecule has 2 aliphatic rings. The van der Waals surface area contributed by atoms with Gasteiger partial charge >= 0.3 is 5.97 Å². The summed E-state index contributed by atoms with van der Waals surface area (Å²) in [5, 5.41) is 0. The van der Waals surface area contributed by atoms with Crippen LogP contribution in [0.1, 0.15) is 58.3 Å². The second-order valence-corrected chi connectivity index (χ2v) is 5.98. The topological polar surface area (TPSA) is 26.3 Å². The Morgan fingerprint density at radius 3 is 2.89 bits per heavy atom. The molecule has 2 heteroatoms. The van der Waals surface area contributed by atoms with Gasteiger partial charge in [-0.15, -0.1) is 0 Å². The highest BCUT2D eigenvalue weighted by Crippen LogP contribution is 2.51. The van der Waals surface area contributed by atoms with Gasteiger partial charge in [-0.2, -0.15) is 0 Å². The maximum Gasteiger partial charge on any atom is 0.333 e. The minimum Gasteiger partial charge on any atom is -0.463 e. The lowest BCUT2D eigenvalue weighted by Crippen LogP contribution is -2.25. The van der Waals surface area contributed by atoms with Crippen LogP contribution in [0.5, 0.6) is 0 Å². The monoisotopic (exact) mass is 262 g/mol. The van der Waals surface area contributed by atoms with Crippen molar-refractivity contribution in [2.24, 2.45) is 11.3 Å². The summed E-state index contributed by atoms with van der Waals surface area (Å²) in [6.07, 6.45) is 14.6. The molecule has 0 radical (unpaired) electrons. The van der Waals surface area contributed by atoms with Crippen molar-refractivity contribution < 1.29 is 9.53 Å². The van der Waals surface area contributed by atoms with E-state index in [1.807, 2.05) is 6.92 Å². The van der Waals surface area contributed by atoms with Crippen LogP contribution in [0.3, 0.4) is 0 Å². The van der Waals surface area contributed by atoms with Crippen molar-refractivity contribution in [2.45, 2.75) is 58.3 Å². The van der Waals surface area contributed by atoms with Crippen molar-refractivity contribution in [3.8, 4) is 0 Å². The van der Waals surface area contributed by atoms with Crippen molar-refractivity contribution in [3.05, 3.63) is 24.3 Å². The average Bonchev–Trinajstić information content (AvgIpc) is 2.79. The van der Waals surface area contributed by atoms with E-state index in [2.05, 4.69) is 18.7 Å². The quantitative estimate of drug-likeness (QED) is 0.416. The maximum absolute atomic E-state index is 11.6. The molecule has 0 aliphatic heterocycles. The summed E-state index contributed by atoms with van der Waals surface area (Å²) in [5.41, 5.74) is 1.08. The molecule has 106 valence electrons. The lowest BCUT2D eigenvalue weighted by molar-refractivity contribution is -0.138. The van der Waals surface area contributed by atoms with E-state index in [0.29, 0.717) is 17.6 Å². The van der Waals surface area contributed by atoms with E-state index >= 15 is 0 Å². The van der Waals surface area contributed by atoms with Gasteiger partial charge < -0.3 is 4.74 Å². The standard InChI is InChI=1S/C17H26O2/c1-3-19-16(18)14(2)9-10-15-8-7-13-17(15)11-5-4-6-12-17/h5,11,15H,2-4,6-10,12-13H2,1H3/t15-,17+/m0/s1. The van der Waals surface area contributed by atoms with Crippen molar-refractivity contribution >= 4 is 5.97 Å². The molecule has 0 aromatic rings. The van der Waals surface area contributed by atoms with Gasteiger partial charge in [0.1, 0.15) is 0 Å². The van der Waals surface area contributed by atoms with E-state index in [4.69, 9.17) is 4.74 Å². The van der Waals surface area contributed by atoms with E-state index in [9.17, 15) is 4.79 Å². The average molecular weight is 262 g/mol. The number of hydrogen-bond donors (Lipinski definition) is 0. The Morgan fingerprint density at radius 2 is 2.21 bits per heavy atom. The van der Waals surface area contributed by atoms with Gasteiger partial charge in [0.2, 0.25) is 0 Å². The zero-order valence-electron chi connectivity index (χ0n) is 12.1. The van der Waals surface area contributed by atoms with E-state index in [0.717, 1.165) is 18.8 Å². The summed E-state index contributed by atoms with van der Waals surface area (Å²) in [6, 6.07) is 0. The van der Waals surface area contributed by atoms with Crippen LogP contribution in [0.2, 0.25) is 0 Å². The summed E-state index contributed by atoms with van der Waals surface area (Å²) >= 11 is 0. The second kappa shape index (κ2) is 6.40. The van der Waals surface area contributed by atoms with Crippen molar-refractivity contribution in [3.63, 3.8) is 0 Å². The Hall–Kier alpha value is -1.05. The molecule has 2 nitrogen and oxygen atoms in total. The minimum atomic E-state index is -0.214. The number of hydrogen-bond acceptors (Lipinski definition) is 2. The number of ether oxygens (including phenoxy) is 1. The largest absolute Gasteiger partial charge is 0.463 e. The van der Waals surface area contributed by atoms with Gasteiger partial charge in [-0.05, 0) is 63.2 Å². The van der Waals surface area contributed by atoms with Crippen LogP contribution in [0.15, 0.2) is 24.3 Å². The van der Waals surface area contributed by atoms with Gasteiger partial charge in [0.05, 0.1) is 6.61 Å². The highest BCUT2D eigenvalue weighted by molar-refractivity contribution is 5.87. The number of rotatable bonds is 5. The number of carbonyl (C=O) groups excluding carboxylic acids is 1. The molecule has 1 fully saturated rings. The number of carbonyl (C=O) groups is 1. The van der Waals surface area contributed by atoms with Gasteiger partial charge in [-0.3, -0.25) is 0 Å². The van der Waals surface area contributed by atoms with Crippen molar-refractivity contribution in [2.75, 3.05) is 6.61 Å². The fraction of sp³-hybridized carbons (Fsp3) is 0.706. The van der Waals surface area contributed by atoms with E-state index in [-0.39, 0.29) is 5.97 Å². The summed E-state index contributed by atoms with van der Waals surface area (Å²) in [4.78, 5) is 11.6. The Balaban J connectivity index is 1.88. The molecule has 0 bridgehead atoms. The van der Waals surface area contributed by atoms with Gasteiger partial charge in [0, 0.05) is 5.57 Å². The first-order valence-electron chi connectivity index (χ1n) is 7.70. The lowest BCUT2D eigenvalue weighted by Gasteiger charge is -2.35. The smallest absolute Gasteiger partial charge is 0.333 e. The molecule has 0 saturated heterocycles. The Labute approximate surface area is 116 Å². The summed E-state index contributed by atoms with van der Waals surface area (Å²) in [7, 11) is 0. The lowest BCUT2D eigenvalue weighted by atomic mass is 9.70. The third kappa shape index (κ3) is 3.29. The SMILES string of the molecule is C=C(CC[C@@H]1CCC[C@]12C=CCCC2)C(=O)OCC. The van der Waals surface area contributed by atoms with Gasteiger partial charge in [0.15, 0.2) is 0 Å². The van der Waals surface area contributed by atoms with Crippen LogP contribution >= 0.6 is 0 Å². The van der Waals surface area contributed by atoms with Crippen LogP contribution in [-0.4, -0.2) is 12.6 Å². The van der Waals surface area contributed by atoms with Gasteiger partial charge in [0.25, 0.3) is 0 Å². The molecule has 0 heterocycles. The highest BCUT2D eigenvalue weighted by atomic mass is 16.5. The van der Waals surface area contributed by atoms with E-state index in [1.54, 1.807) is 0 Å². The fourth-order valence-electron chi connectivity index (χ4n) is 3.78. The summed E-state index contributed by atoms with van der Waals surface area (Å²) in [6.45, 7) is 6.15. The third-order valence-electron chi connectivity index (χ3n) is 4.83. The molecule has 19 heavy (non-hydrogen) atoms. The molecule has 2 aliphatic carbocycles. The van der Waals surface area contributed by atoms with Gasteiger partial charge in [-0.25, -0.2) is 4.79 Å². The van der Waals surface area contributed by atoms with Crippen LogP contribution in [-0.2, 0) is 9.53 Å². The van der Waals surface area contributed by atoms with Crippen LogP contribution < -0.4 is 0 Å². The van der Waals surface area contributed by atoms with E-state index < -0.39 is 0 Å².